The van der Waals surface area contributed by atoms with Gasteiger partial charge in [-0.15, -0.1) is 0 Å². The third-order valence-electron chi connectivity index (χ3n) is 1.91. The molecule has 0 radical (unpaired) electrons. The van der Waals surface area contributed by atoms with Crippen molar-refractivity contribution in [3.05, 3.63) is 23.9 Å². The number of nitrogens with zero attached hydrogens (tertiary/aromatic N) is 1. The monoisotopic (exact) mass is 194 g/mol. The van der Waals surface area contributed by atoms with Gasteiger partial charge in [-0.05, 0) is 18.6 Å². The number of carbonyl (C=O) groups excluding carboxylic acids is 1. The molecule has 0 aliphatic heterocycles. The Morgan fingerprint density at radius 1 is 1.57 bits per heavy atom. The number of anilines is 1. The van der Waals surface area contributed by atoms with E-state index in [0.717, 1.165) is 5.56 Å². The van der Waals surface area contributed by atoms with Crippen molar-refractivity contribution in [2.45, 2.75) is 20.0 Å². The Morgan fingerprint density at radius 2 is 2.29 bits per heavy atom. The second kappa shape index (κ2) is 4.72. The van der Waals surface area contributed by atoms with Crippen LogP contribution in [0.5, 0.6) is 0 Å². The maximum atomic E-state index is 10.7. The molecule has 4 heteroatoms. The first-order chi connectivity index (χ1) is 6.63. The Hall–Kier alpha value is -1.42. The van der Waals surface area contributed by atoms with Crippen LogP contribution < -0.4 is 5.32 Å². The number of hydrogen-bond acceptors (Lipinski definition) is 3. The van der Waals surface area contributed by atoms with Gasteiger partial charge in [0.15, 0.2) is 0 Å². The highest BCUT2D eigenvalue weighted by Crippen LogP contribution is 2.15. The molecule has 1 amide bonds. The van der Waals surface area contributed by atoms with Gasteiger partial charge in [0.05, 0.1) is 6.10 Å². The summed E-state index contributed by atoms with van der Waals surface area (Å²) in [5.74, 6) is 0.439. The van der Waals surface area contributed by atoms with Crippen molar-refractivity contribution < 1.29 is 9.53 Å². The third-order valence-corrected chi connectivity index (χ3v) is 1.91. The minimum absolute atomic E-state index is 0.0221. The molecule has 1 atom stereocenters. The number of hydrogen-bond donors (Lipinski definition) is 1. The number of amides is 1. The van der Waals surface area contributed by atoms with Gasteiger partial charge in [-0.1, -0.05) is 6.07 Å². The standard InChI is InChI=1S/C10H14N2O2/c1-7(14-3)9-4-5-10(11-6-9)12-8(2)13/h4-7H,1-3H3,(H,11,12,13). The van der Waals surface area contributed by atoms with E-state index in [4.69, 9.17) is 4.74 Å². The summed E-state index contributed by atoms with van der Waals surface area (Å²) >= 11 is 0. The Kier molecular flexibility index (Phi) is 3.59. The molecule has 4 nitrogen and oxygen atoms in total. The highest BCUT2D eigenvalue weighted by atomic mass is 16.5. The van der Waals surface area contributed by atoms with E-state index in [0.29, 0.717) is 5.82 Å². The van der Waals surface area contributed by atoms with Gasteiger partial charge in [-0.2, -0.15) is 0 Å². The van der Waals surface area contributed by atoms with Crippen LogP contribution >= 0.6 is 0 Å². The zero-order chi connectivity index (χ0) is 10.6. The maximum Gasteiger partial charge on any atom is 0.222 e. The molecule has 0 saturated heterocycles. The minimum atomic E-state index is -0.120. The smallest absolute Gasteiger partial charge is 0.222 e. The minimum Gasteiger partial charge on any atom is -0.377 e. The van der Waals surface area contributed by atoms with Gasteiger partial charge >= 0.3 is 0 Å². The van der Waals surface area contributed by atoms with Gasteiger partial charge in [0.25, 0.3) is 0 Å². The van der Waals surface area contributed by atoms with Crippen LogP contribution in [0.1, 0.15) is 25.5 Å². The topological polar surface area (TPSA) is 51.2 Å². The van der Waals surface area contributed by atoms with E-state index in [1.54, 1.807) is 19.4 Å². The summed E-state index contributed by atoms with van der Waals surface area (Å²) in [7, 11) is 1.65. The van der Waals surface area contributed by atoms with Gasteiger partial charge < -0.3 is 10.1 Å². The molecule has 1 rings (SSSR count). The first kappa shape index (κ1) is 10.7. The average Bonchev–Trinajstić information content (AvgIpc) is 2.17. The molecule has 1 unspecified atom stereocenters. The van der Waals surface area contributed by atoms with E-state index in [1.165, 1.54) is 6.92 Å². The van der Waals surface area contributed by atoms with Crippen molar-refractivity contribution in [3.8, 4) is 0 Å². The Bertz CT molecular complexity index is 308. The van der Waals surface area contributed by atoms with E-state index in [2.05, 4.69) is 10.3 Å². The highest BCUT2D eigenvalue weighted by molar-refractivity contribution is 5.87. The van der Waals surface area contributed by atoms with Crippen LogP contribution in [0.3, 0.4) is 0 Å². The van der Waals surface area contributed by atoms with Crippen molar-refractivity contribution in [1.82, 2.24) is 4.98 Å². The fourth-order valence-corrected chi connectivity index (χ4v) is 1.04. The van der Waals surface area contributed by atoms with E-state index >= 15 is 0 Å². The van der Waals surface area contributed by atoms with Crippen LogP contribution in [0.2, 0.25) is 0 Å². The van der Waals surface area contributed by atoms with Crippen LogP contribution in [-0.2, 0) is 9.53 Å². The molecule has 1 aromatic rings. The van der Waals surface area contributed by atoms with Crippen LogP contribution in [0.15, 0.2) is 18.3 Å². The molecule has 0 spiro atoms. The van der Waals surface area contributed by atoms with Gasteiger partial charge in [0.2, 0.25) is 5.91 Å². The molecule has 0 aromatic carbocycles. The number of nitrogens with one attached hydrogen (secondary N) is 1. The maximum absolute atomic E-state index is 10.7. The molecule has 1 heterocycles. The normalized spacial score (nSPS) is 12.2. The zero-order valence-electron chi connectivity index (χ0n) is 8.57. The number of aromatic nitrogens is 1. The van der Waals surface area contributed by atoms with E-state index in [1.807, 2.05) is 13.0 Å². The Morgan fingerprint density at radius 3 is 2.71 bits per heavy atom. The van der Waals surface area contributed by atoms with Gasteiger partial charge in [0, 0.05) is 20.2 Å². The number of carbonyl (C=O) groups is 1. The van der Waals surface area contributed by atoms with Crippen LogP contribution in [0, 0.1) is 0 Å². The molecular formula is C10H14N2O2. The van der Waals surface area contributed by atoms with Crippen molar-refractivity contribution in [1.29, 1.82) is 0 Å². The summed E-state index contributed by atoms with van der Waals surface area (Å²) in [5.41, 5.74) is 0.988. The van der Waals surface area contributed by atoms with E-state index in [-0.39, 0.29) is 12.0 Å². The Labute approximate surface area is 83.3 Å². The molecule has 76 valence electrons. The van der Waals surface area contributed by atoms with Crippen molar-refractivity contribution in [2.24, 2.45) is 0 Å². The van der Waals surface area contributed by atoms with Crippen molar-refractivity contribution in [2.75, 3.05) is 12.4 Å². The van der Waals surface area contributed by atoms with Gasteiger partial charge in [-0.25, -0.2) is 4.98 Å². The molecule has 1 aromatic heterocycles. The number of rotatable bonds is 3. The predicted molar refractivity (Wildman–Crippen MR) is 54.0 cm³/mol. The summed E-state index contributed by atoms with van der Waals surface area (Å²) in [6.45, 7) is 3.39. The van der Waals surface area contributed by atoms with Crippen LogP contribution in [0.25, 0.3) is 0 Å². The Balaban J connectivity index is 2.73. The number of pyridine rings is 1. The fraction of sp³-hybridized carbons (Fsp3) is 0.400. The summed E-state index contributed by atoms with van der Waals surface area (Å²) in [6, 6.07) is 3.64. The fourth-order valence-electron chi connectivity index (χ4n) is 1.04. The molecule has 0 aliphatic rings. The molecule has 0 aliphatic carbocycles. The summed E-state index contributed by atoms with van der Waals surface area (Å²) in [6.07, 6.45) is 1.72. The zero-order valence-corrected chi connectivity index (χ0v) is 8.57. The first-order valence-electron chi connectivity index (χ1n) is 4.40. The lowest BCUT2D eigenvalue weighted by atomic mass is 10.2. The molecule has 0 fully saturated rings. The molecular weight excluding hydrogens is 180 g/mol. The van der Waals surface area contributed by atoms with Crippen molar-refractivity contribution in [3.63, 3.8) is 0 Å². The molecule has 14 heavy (non-hydrogen) atoms. The van der Waals surface area contributed by atoms with Crippen molar-refractivity contribution >= 4 is 11.7 Å². The van der Waals surface area contributed by atoms with E-state index in [9.17, 15) is 4.79 Å². The molecule has 0 bridgehead atoms. The van der Waals surface area contributed by atoms with Crippen LogP contribution in [0.4, 0.5) is 5.82 Å². The third kappa shape index (κ3) is 2.81. The summed E-state index contributed by atoms with van der Waals surface area (Å²) in [4.78, 5) is 14.8. The summed E-state index contributed by atoms with van der Waals surface area (Å²) in [5, 5.41) is 2.60. The predicted octanol–water partition coefficient (Wildman–Crippen LogP) is 1.75. The highest BCUT2D eigenvalue weighted by Gasteiger charge is 2.04. The SMILES string of the molecule is COC(C)c1ccc(NC(C)=O)nc1. The molecule has 0 saturated carbocycles. The lowest BCUT2D eigenvalue weighted by molar-refractivity contribution is -0.114. The second-order valence-electron chi connectivity index (χ2n) is 3.04. The number of ether oxygens (including phenoxy) is 1. The quantitative estimate of drug-likeness (QED) is 0.797. The second-order valence-corrected chi connectivity index (χ2v) is 3.04. The summed E-state index contributed by atoms with van der Waals surface area (Å²) < 4.78 is 5.13. The lowest BCUT2D eigenvalue weighted by Crippen LogP contribution is -2.07. The largest absolute Gasteiger partial charge is 0.377 e. The van der Waals surface area contributed by atoms with Crippen LogP contribution in [-0.4, -0.2) is 18.0 Å². The lowest BCUT2D eigenvalue weighted by Gasteiger charge is -2.09. The first-order valence-corrected chi connectivity index (χ1v) is 4.40. The van der Waals surface area contributed by atoms with E-state index < -0.39 is 0 Å². The average molecular weight is 194 g/mol. The number of methoxy groups -OCH3 is 1. The van der Waals surface area contributed by atoms with Gasteiger partial charge in [0.1, 0.15) is 5.82 Å². The molecule has 1 N–H and O–H groups in total. The van der Waals surface area contributed by atoms with Gasteiger partial charge in [-0.3, -0.25) is 4.79 Å².